The van der Waals surface area contributed by atoms with Crippen LogP contribution >= 0.6 is 23.2 Å². The van der Waals surface area contributed by atoms with E-state index in [-0.39, 0.29) is 28.5 Å². The zero-order valence-corrected chi connectivity index (χ0v) is 21.2. The number of aromatic nitrogens is 1. The second-order valence-corrected chi connectivity index (χ2v) is 10.1. The first-order valence-corrected chi connectivity index (χ1v) is 12.6. The van der Waals surface area contributed by atoms with E-state index in [1.807, 2.05) is 0 Å². The van der Waals surface area contributed by atoms with E-state index in [2.05, 4.69) is 20.0 Å². The van der Waals surface area contributed by atoms with Crippen molar-refractivity contribution in [3.05, 3.63) is 87.5 Å². The Morgan fingerprint density at radius 1 is 0.886 bits per heavy atom. The number of carbonyl (C=O) groups is 2. The van der Waals surface area contributed by atoms with E-state index in [0.717, 1.165) is 6.26 Å². The summed E-state index contributed by atoms with van der Waals surface area (Å²) >= 11 is 11.9. The van der Waals surface area contributed by atoms with Gasteiger partial charge in [-0.2, -0.15) is 0 Å². The minimum Gasteiger partial charge on any atom is -0.362 e. The van der Waals surface area contributed by atoms with Crippen molar-refractivity contribution in [3.63, 3.8) is 0 Å². The molecule has 182 valence electrons. The Hall–Kier alpha value is -3.47. The molecule has 0 spiro atoms. The molecule has 0 aliphatic heterocycles. The van der Waals surface area contributed by atoms with Crippen LogP contribution in [0.1, 0.15) is 26.3 Å². The summed E-state index contributed by atoms with van der Waals surface area (Å²) in [5.74, 6) is -0.504. The van der Waals surface area contributed by atoms with Crippen molar-refractivity contribution in [1.82, 2.24) is 9.88 Å². The highest BCUT2D eigenvalue weighted by atomic mass is 35.5. The van der Waals surface area contributed by atoms with Crippen molar-refractivity contribution in [2.45, 2.75) is 0 Å². The van der Waals surface area contributed by atoms with Gasteiger partial charge in [0.15, 0.2) is 0 Å². The molecule has 35 heavy (non-hydrogen) atoms. The third kappa shape index (κ3) is 7.25. The molecule has 0 radical (unpaired) electrons. The van der Waals surface area contributed by atoms with Gasteiger partial charge in [-0.15, -0.1) is 4.40 Å². The Kier molecular flexibility index (Phi) is 8.11. The summed E-state index contributed by atoms with van der Waals surface area (Å²) in [4.78, 5) is 31.3. The molecule has 2 aromatic carbocycles. The van der Waals surface area contributed by atoms with Crippen LogP contribution < -0.4 is 10.6 Å². The van der Waals surface area contributed by atoms with Gasteiger partial charge in [0.2, 0.25) is 0 Å². The summed E-state index contributed by atoms with van der Waals surface area (Å²) in [6, 6.07) is 13.8. The minimum absolute atomic E-state index is 0.134. The van der Waals surface area contributed by atoms with Gasteiger partial charge in [0.25, 0.3) is 21.8 Å². The van der Waals surface area contributed by atoms with Gasteiger partial charge < -0.3 is 15.5 Å². The van der Waals surface area contributed by atoms with Gasteiger partial charge in [-0.3, -0.25) is 9.59 Å². The van der Waals surface area contributed by atoms with Gasteiger partial charge in [0.1, 0.15) is 11.7 Å². The number of nitrogens with one attached hydrogen (secondary N) is 2. The number of hydrogen-bond acceptors (Lipinski definition) is 5. The van der Waals surface area contributed by atoms with Crippen LogP contribution in [0.25, 0.3) is 0 Å². The molecule has 0 saturated carbocycles. The molecule has 12 heteroatoms. The van der Waals surface area contributed by atoms with Gasteiger partial charge in [-0.1, -0.05) is 35.3 Å². The Morgan fingerprint density at radius 2 is 1.51 bits per heavy atom. The Balaban J connectivity index is 1.83. The molecule has 0 fully saturated rings. The van der Waals surface area contributed by atoms with E-state index in [1.165, 1.54) is 30.5 Å². The van der Waals surface area contributed by atoms with Crippen molar-refractivity contribution in [2.24, 2.45) is 4.40 Å². The summed E-state index contributed by atoms with van der Waals surface area (Å²) in [5.41, 5.74) is 1.17. The number of nitrogens with zero attached hydrogens (tertiary/aromatic N) is 3. The lowest BCUT2D eigenvalue weighted by Crippen LogP contribution is -2.24. The van der Waals surface area contributed by atoms with E-state index in [9.17, 15) is 18.0 Å². The highest BCUT2D eigenvalue weighted by Gasteiger charge is 2.17. The monoisotopic (exact) mass is 533 g/mol. The standard InChI is InChI=1S/C23H21Cl2N5O4S/c1-30(2)21(29-35(3,33)34)14-4-6-15(7-5-14)22(31)27-19-10-8-16(24)12-18(19)23(32)28-20-11-9-17(25)13-26-20/h4-13H,1-3H3,(H,27,31)(H,26,28,32). The molecular formula is C23H21Cl2N5O4S. The number of sulfonamides is 1. The summed E-state index contributed by atoms with van der Waals surface area (Å²) in [6.45, 7) is 0. The molecule has 3 aromatic rings. The van der Waals surface area contributed by atoms with Crippen LogP contribution in [0.4, 0.5) is 11.5 Å². The fraction of sp³-hybridized carbons (Fsp3) is 0.130. The van der Waals surface area contributed by atoms with E-state index >= 15 is 0 Å². The SMILES string of the molecule is CN(C)C(=NS(C)(=O)=O)c1ccc(C(=O)Nc2ccc(Cl)cc2C(=O)Nc2ccc(Cl)cn2)cc1. The van der Waals surface area contributed by atoms with Crippen molar-refractivity contribution in [3.8, 4) is 0 Å². The predicted molar refractivity (Wildman–Crippen MR) is 138 cm³/mol. The van der Waals surface area contributed by atoms with E-state index in [0.29, 0.717) is 15.6 Å². The molecule has 1 heterocycles. The number of halogens is 2. The lowest BCUT2D eigenvalue weighted by molar-refractivity contribution is 0.102. The van der Waals surface area contributed by atoms with Crippen molar-refractivity contribution < 1.29 is 18.0 Å². The van der Waals surface area contributed by atoms with Crippen LogP contribution in [-0.2, 0) is 10.0 Å². The molecule has 0 aliphatic rings. The Bertz CT molecular complexity index is 1390. The van der Waals surface area contributed by atoms with Gasteiger partial charge in [0, 0.05) is 36.4 Å². The maximum absolute atomic E-state index is 12.9. The maximum atomic E-state index is 12.9. The van der Waals surface area contributed by atoms with E-state index < -0.39 is 21.8 Å². The maximum Gasteiger partial charge on any atom is 0.258 e. The summed E-state index contributed by atoms with van der Waals surface area (Å²) in [7, 11) is -0.290. The van der Waals surface area contributed by atoms with Gasteiger partial charge in [-0.05, 0) is 42.5 Å². The number of pyridine rings is 1. The first kappa shape index (κ1) is 26.1. The fourth-order valence-corrected chi connectivity index (χ4v) is 3.83. The highest BCUT2D eigenvalue weighted by molar-refractivity contribution is 7.89. The first-order chi connectivity index (χ1) is 16.4. The number of rotatable bonds is 6. The molecule has 2 N–H and O–H groups in total. The van der Waals surface area contributed by atoms with Crippen molar-refractivity contribution in [1.29, 1.82) is 0 Å². The lowest BCUT2D eigenvalue weighted by atomic mass is 10.1. The highest BCUT2D eigenvalue weighted by Crippen LogP contribution is 2.23. The number of amidine groups is 1. The number of carbonyl (C=O) groups excluding carboxylic acids is 2. The molecule has 0 aliphatic carbocycles. The van der Waals surface area contributed by atoms with E-state index in [4.69, 9.17) is 23.2 Å². The Morgan fingerprint density at radius 3 is 2.09 bits per heavy atom. The Labute approximate surface area is 212 Å². The first-order valence-electron chi connectivity index (χ1n) is 10.0. The van der Waals surface area contributed by atoms with Crippen LogP contribution in [0.5, 0.6) is 0 Å². The van der Waals surface area contributed by atoms with Crippen LogP contribution in [0.2, 0.25) is 10.0 Å². The average Bonchev–Trinajstić information content (AvgIpc) is 2.79. The quantitative estimate of drug-likeness (QED) is 0.362. The third-order valence-corrected chi connectivity index (χ3v) is 5.49. The van der Waals surface area contributed by atoms with Gasteiger partial charge in [0.05, 0.1) is 22.5 Å². The summed E-state index contributed by atoms with van der Waals surface area (Å²) in [6.07, 6.45) is 2.39. The largest absolute Gasteiger partial charge is 0.362 e. The predicted octanol–water partition coefficient (Wildman–Crippen LogP) is 4.16. The number of benzene rings is 2. The molecule has 0 saturated heterocycles. The van der Waals surface area contributed by atoms with E-state index in [1.54, 1.807) is 49.3 Å². The molecule has 1 aromatic heterocycles. The number of amides is 2. The molecule has 9 nitrogen and oxygen atoms in total. The molecule has 0 unspecified atom stereocenters. The molecular weight excluding hydrogens is 513 g/mol. The summed E-state index contributed by atoms with van der Waals surface area (Å²) in [5, 5.41) is 6.06. The van der Waals surface area contributed by atoms with Crippen LogP contribution in [0.3, 0.4) is 0 Å². The number of anilines is 2. The topological polar surface area (TPSA) is 121 Å². The molecule has 0 bridgehead atoms. The molecule has 2 amide bonds. The van der Waals surface area contributed by atoms with Gasteiger partial charge >= 0.3 is 0 Å². The average molecular weight is 534 g/mol. The zero-order valence-electron chi connectivity index (χ0n) is 18.9. The minimum atomic E-state index is -3.62. The van der Waals surface area contributed by atoms with Crippen LogP contribution in [0, 0.1) is 0 Å². The molecule has 3 rings (SSSR count). The van der Waals surface area contributed by atoms with Gasteiger partial charge in [-0.25, -0.2) is 13.4 Å². The lowest BCUT2D eigenvalue weighted by Gasteiger charge is -2.16. The smallest absolute Gasteiger partial charge is 0.258 e. The fourth-order valence-electron chi connectivity index (χ4n) is 2.96. The second kappa shape index (κ2) is 10.9. The second-order valence-electron chi connectivity index (χ2n) is 7.58. The zero-order chi connectivity index (χ0) is 25.8. The molecule has 0 atom stereocenters. The van der Waals surface area contributed by atoms with Crippen LogP contribution in [0.15, 0.2) is 65.2 Å². The number of hydrogen-bond donors (Lipinski definition) is 2. The normalized spacial score (nSPS) is 11.6. The van der Waals surface area contributed by atoms with Crippen molar-refractivity contribution >= 4 is 62.4 Å². The van der Waals surface area contributed by atoms with Crippen molar-refractivity contribution in [2.75, 3.05) is 31.0 Å². The third-order valence-electron chi connectivity index (χ3n) is 4.52. The van der Waals surface area contributed by atoms with Crippen LogP contribution in [-0.4, -0.2) is 56.3 Å². The summed E-state index contributed by atoms with van der Waals surface area (Å²) < 4.78 is 27.0.